The molecule has 130 valence electrons. The van der Waals surface area contributed by atoms with E-state index in [-0.39, 0.29) is 18.7 Å². The Labute approximate surface area is 145 Å². The molecule has 6 nitrogen and oxygen atoms in total. The number of benzene rings is 2. The number of carbonyl (C=O) groups excluding carboxylic acids is 1. The molecule has 0 bridgehead atoms. The van der Waals surface area contributed by atoms with Gasteiger partial charge in [-0.25, -0.2) is 4.79 Å². The Bertz CT molecular complexity index is 846. The highest BCUT2D eigenvalue weighted by Crippen LogP contribution is 2.22. The van der Waals surface area contributed by atoms with Crippen LogP contribution in [0.4, 0.5) is 10.5 Å². The van der Waals surface area contributed by atoms with Crippen LogP contribution in [0.2, 0.25) is 0 Å². The summed E-state index contributed by atoms with van der Waals surface area (Å²) in [5, 5.41) is 19.7. The van der Waals surface area contributed by atoms with Crippen molar-refractivity contribution in [2.45, 2.75) is 25.8 Å². The van der Waals surface area contributed by atoms with Gasteiger partial charge in [-0.15, -0.1) is 0 Å². The molecule has 0 radical (unpaired) electrons. The smallest absolute Gasteiger partial charge is 0.319 e. The van der Waals surface area contributed by atoms with Crippen molar-refractivity contribution in [2.24, 2.45) is 0 Å². The summed E-state index contributed by atoms with van der Waals surface area (Å²) < 4.78 is 5.22. The summed E-state index contributed by atoms with van der Waals surface area (Å²) in [6, 6.07) is 14.7. The second-order valence-electron chi connectivity index (χ2n) is 5.91. The molecule has 0 saturated carbocycles. The van der Waals surface area contributed by atoms with E-state index in [4.69, 9.17) is 9.63 Å². The number of nitrogens with zero attached hydrogens (tertiary/aromatic N) is 1. The summed E-state index contributed by atoms with van der Waals surface area (Å²) in [6.45, 7) is 1.96. The SMILES string of the molecule is Cc1noc2cc(NC(=O)N[C@H](CCCO)c3ccccc3)ccc12. The van der Waals surface area contributed by atoms with Crippen LogP contribution in [-0.4, -0.2) is 22.9 Å². The number of hydrogen-bond acceptors (Lipinski definition) is 4. The van der Waals surface area contributed by atoms with E-state index >= 15 is 0 Å². The standard InChI is InChI=1S/C19H21N3O3/c1-13-16-10-9-15(12-18(16)25-22-13)20-19(24)21-17(8-5-11-23)14-6-3-2-4-7-14/h2-4,6-7,9-10,12,17,23H,5,8,11H2,1H3,(H2,20,21,24)/t17-/m1/s1. The monoisotopic (exact) mass is 339 g/mol. The Morgan fingerprint density at radius 1 is 1.24 bits per heavy atom. The van der Waals surface area contributed by atoms with Crippen LogP contribution >= 0.6 is 0 Å². The number of anilines is 1. The molecule has 0 unspecified atom stereocenters. The quantitative estimate of drug-likeness (QED) is 0.638. The first kappa shape index (κ1) is 17.0. The molecule has 2 amide bonds. The number of carbonyl (C=O) groups is 1. The minimum Gasteiger partial charge on any atom is -0.396 e. The lowest BCUT2D eigenvalue weighted by atomic mass is 10.0. The van der Waals surface area contributed by atoms with Crippen LogP contribution in [0.1, 0.15) is 30.1 Å². The van der Waals surface area contributed by atoms with E-state index < -0.39 is 0 Å². The van der Waals surface area contributed by atoms with Crippen molar-refractivity contribution in [1.82, 2.24) is 10.5 Å². The zero-order chi connectivity index (χ0) is 17.6. The van der Waals surface area contributed by atoms with Crippen LogP contribution in [0.25, 0.3) is 11.0 Å². The third-order valence-corrected chi connectivity index (χ3v) is 4.07. The Balaban J connectivity index is 1.69. The van der Waals surface area contributed by atoms with Crippen LogP contribution in [0.3, 0.4) is 0 Å². The number of urea groups is 1. The van der Waals surface area contributed by atoms with Gasteiger partial charge in [0.05, 0.1) is 11.7 Å². The second kappa shape index (κ2) is 7.81. The lowest BCUT2D eigenvalue weighted by Crippen LogP contribution is -2.32. The average molecular weight is 339 g/mol. The maximum Gasteiger partial charge on any atom is 0.319 e. The summed E-state index contributed by atoms with van der Waals surface area (Å²) >= 11 is 0. The topological polar surface area (TPSA) is 87.4 Å². The number of fused-ring (bicyclic) bond motifs is 1. The van der Waals surface area contributed by atoms with Gasteiger partial charge >= 0.3 is 6.03 Å². The summed E-state index contributed by atoms with van der Waals surface area (Å²) in [4.78, 5) is 12.4. The zero-order valence-corrected chi connectivity index (χ0v) is 14.0. The fraction of sp³-hybridized carbons (Fsp3) is 0.263. The van der Waals surface area contributed by atoms with E-state index in [0.717, 1.165) is 16.6 Å². The van der Waals surface area contributed by atoms with Gasteiger partial charge < -0.3 is 20.3 Å². The number of aryl methyl sites for hydroxylation is 1. The van der Waals surface area contributed by atoms with Crippen molar-refractivity contribution < 1.29 is 14.4 Å². The molecule has 3 rings (SSSR count). The zero-order valence-electron chi connectivity index (χ0n) is 14.0. The molecular weight excluding hydrogens is 318 g/mol. The normalized spacial score (nSPS) is 12.1. The second-order valence-corrected chi connectivity index (χ2v) is 5.91. The van der Waals surface area contributed by atoms with Gasteiger partial charge in [0, 0.05) is 23.7 Å². The summed E-state index contributed by atoms with van der Waals surface area (Å²) in [5.74, 6) is 0. The minimum absolute atomic E-state index is 0.0914. The number of aliphatic hydroxyl groups is 1. The van der Waals surface area contributed by atoms with E-state index in [1.807, 2.05) is 49.4 Å². The van der Waals surface area contributed by atoms with E-state index in [0.29, 0.717) is 24.1 Å². The van der Waals surface area contributed by atoms with Gasteiger partial charge in [-0.1, -0.05) is 35.5 Å². The molecule has 0 aliphatic carbocycles. The lowest BCUT2D eigenvalue weighted by Gasteiger charge is -2.19. The highest BCUT2D eigenvalue weighted by molar-refractivity contribution is 5.92. The number of nitrogens with one attached hydrogen (secondary N) is 2. The van der Waals surface area contributed by atoms with E-state index in [1.165, 1.54) is 0 Å². The van der Waals surface area contributed by atoms with Crippen molar-refractivity contribution in [3.05, 3.63) is 59.8 Å². The van der Waals surface area contributed by atoms with Crippen molar-refractivity contribution in [1.29, 1.82) is 0 Å². The first-order valence-corrected chi connectivity index (χ1v) is 8.26. The van der Waals surface area contributed by atoms with Crippen LogP contribution < -0.4 is 10.6 Å². The average Bonchev–Trinajstić information content (AvgIpc) is 3.00. The molecule has 0 aliphatic heterocycles. The summed E-state index contributed by atoms with van der Waals surface area (Å²) in [5.41, 5.74) is 3.09. The van der Waals surface area contributed by atoms with Crippen LogP contribution in [0, 0.1) is 6.92 Å². The molecular formula is C19H21N3O3. The molecule has 0 fully saturated rings. The van der Waals surface area contributed by atoms with Crippen molar-refractivity contribution in [3.63, 3.8) is 0 Å². The highest BCUT2D eigenvalue weighted by Gasteiger charge is 2.14. The number of hydrogen-bond donors (Lipinski definition) is 3. The predicted molar refractivity (Wildman–Crippen MR) is 96.4 cm³/mol. The van der Waals surface area contributed by atoms with Gasteiger partial charge in [-0.3, -0.25) is 0 Å². The minimum atomic E-state index is -0.303. The van der Waals surface area contributed by atoms with Gasteiger partial charge in [-0.2, -0.15) is 0 Å². The lowest BCUT2D eigenvalue weighted by molar-refractivity contribution is 0.244. The number of amides is 2. The van der Waals surface area contributed by atoms with Crippen LogP contribution in [-0.2, 0) is 0 Å². The molecule has 25 heavy (non-hydrogen) atoms. The molecule has 1 aromatic heterocycles. The van der Waals surface area contributed by atoms with Crippen molar-refractivity contribution >= 4 is 22.7 Å². The molecule has 3 aromatic rings. The van der Waals surface area contributed by atoms with Gasteiger partial charge in [-0.05, 0) is 37.5 Å². The fourth-order valence-corrected chi connectivity index (χ4v) is 2.77. The summed E-state index contributed by atoms with van der Waals surface area (Å²) in [6.07, 6.45) is 1.28. The first-order valence-electron chi connectivity index (χ1n) is 8.26. The Kier molecular flexibility index (Phi) is 5.30. The third-order valence-electron chi connectivity index (χ3n) is 4.07. The number of rotatable bonds is 6. The molecule has 0 spiro atoms. The molecule has 3 N–H and O–H groups in total. The largest absolute Gasteiger partial charge is 0.396 e. The highest BCUT2D eigenvalue weighted by atomic mass is 16.5. The first-order chi connectivity index (χ1) is 12.2. The van der Waals surface area contributed by atoms with E-state index in [1.54, 1.807) is 6.07 Å². The molecule has 1 atom stereocenters. The van der Waals surface area contributed by atoms with Gasteiger partial charge in [0.15, 0.2) is 5.58 Å². The molecule has 0 aliphatic rings. The Morgan fingerprint density at radius 3 is 2.80 bits per heavy atom. The Morgan fingerprint density at radius 2 is 2.04 bits per heavy atom. The maximum absolute atomic E-state index is 12.4. The molecule has 1 heterocycles. The molecule has 6 heteroatoms. The third kappa shape index (κ3) is 4.16. The summed E-state index contributed by atoms with van der Waals surface area (Å²) in [7, 11) is 0. The van der Waals surface area contributed by atoms with Crippen molar-refractivity contribution in [3.8, 4) is 0 Å². The van der Waals surface area contributed by atoms with E-state index in [9.17, 15) is 4.79 Å². The van der Waals surface area contributed by atoms with Crippen molar-refractivity contribution in [2.75, 3.05) is 11.9 Å². The maximum atomic E-state index is 12.4. The fourth-order valence-electron chi connectivity index (χ4n) is 2.77. The number of aliphatic hydroxyl groups excluding tert-OH is 1. The van der Waals surface area contributed by atoms with Crippen LogP contribution in [0.5, 0.6) is 0 Å². The van der Waals surface area contributed by atoms with E-state index in [2.05, 4.69) is 15.8 Å². The van der Waals surface area contributed by atoms with Gasteiger partial charge in [0.25, 0.3) is 0 Å². The van der Waals surface area contributed by atoms with Gasteiger partial charge in [0.2, 0.25) is 0 Å². The number of aromatic nitrogens is 1. The molecule has 2 aromatic carbocycles. The van der Waals surface area contributed by atoms with Gasteiger partial charge in [0.1, 0.15) is 0 Å². The van der Waals surface area contributed by atoms with Crippen LogP contribution in [0.15, 0.2) is 53.1 Å². The predicted octanol–water partition coefficient (Wildman–Crippen LogP) is 3.77. The Hall–Kier alpha value is -2.86. The molecule has 0 saturated heterocycles.